The molecular formula is C16H21F3N2O. The lowest BCUT2D eigenvalue weighted by Gasteiger charge is -2.19. The van der Waals surface area contributed by atoms with E-state index in [2.05, 4.69) is 0 Å². The first-order valence-corrected chi connectivity index (χ1v) is 7.46. The summed E-state index contributed by atoms with van der Waals surface area (Å²) in [6.07, 6.45) is -3.09. The third-order valence-corrected chi connectivity index (χ3v) is 4.26. The van der Waals surface area contributed by atoms with Crippen molar-refractivity contribution in [2.24, 2.45) is 11.7 Å². The van der Waals surface area contributed by atoms with E-state index >= 15 is 0 Å². The van der Waals surface area contributed by atoms with Crippen molar-refractivity contribution in [1.29, 1.82) is 0 Å². The molecular weight excluding hydrogens is 293 g/mol. The van der Waals surface area contributed by atoms with Crippen LogP contribution in [-0.4, -0.2) is 30.4 Å². The van der Waals surface area contributed by atoms with Crippen LogP contribution in [0.15, 0.2) is 24.3 Å². The first-order valence-electron chi connectivity index (χ1n) is 7.46. The van der Waals surface area contributed by atoms with E-state index in [1.165, 1.54) is 12.1 Å². The van der Waals surface area contributed by atoms with Crippen LogP contribution in [0.3, 0.4) is 0 Å². The molecule has 2 rings (SSSR count). The van der Waals surface area contributed by atoms with Crippen LogP contribution in [0, 0.1) is 5.92 Å². The highest BCUT2D eigenvalue weighted by molar-refractivity contribution is 5.77. The predicted molar refractivity (Wildman–Crippen MR) is 78.2 cm³/mol. The average Bonchev–Trinajstić information content (AvgIpc) is 2.95. The summed E-state index contributed by atoms with van der Waals surface area (Å²) < 4.78 is 37.6. The number of hydrogen-bond donors (Lipinski definition) is 1. The van der Waals surface area contributed by atoms with Gasteiger partial charge in [0.2, 0.25) is 5.91 Å². The van der Waals surface area contributed by atoms with E-state index in [1.807, 2.05) is 6.92 Å². The van der Waals surface area contributed by atoms with Gasteiger partial charge in [-0.05, 0) is 42.5 Å². The van der Waals surface area contributed by atoms with E-state index in [-0.39, 0.29) is 11.8 Å². The number of hydrogen-bond acceptors (Lipinski definition) is 2. The van der Waals surface area contributed by atoms with E-state index < -0.39 is 11.7 Å². The Hall–Kier alpha value is -1.56. The molecule has 122 valence electrons. The number of likely N-dealkylation sites (tertiary alicyclic amines) is 1. The highest BCUT2D eigenvalue weighted by Gasteiger charge is 2.30. The maximum absolute atomic E-state index is 12.5. The highest BCUT2D eigenvalue weighted by atomic mass is 19.4. The summed E-state index contributed by atoms with van der Waals surface area (Å²) in [5.41, 5.74) is 5.69. The van der Waals surface area contributed by atoms with E-state index in [4.69, 9.17) is 5.73 Å². The van der Waals surface area contributed by atoms with Crippen LogP contribution in [0.1, 0.15) is 36.8 Å². The molecule has 0 aliphatic carbocycles. The Morgan fingerprint density at radius 1 is 1.36 bits per heavy atom. The monoisotopic (exact) mass is 314 g/mol. The second-order valence-corrected chi connectivity index (χ2v) is 5.96. The van der Waals surface area contributed by atoms with Gasteiger partial charge in [-0.25, -0.2) is 0 Å². The molecule has 0 radical (unpaired) electrons. The van der Waals surface area contributed by atoms with Gasteiger partial charge in [0.25, 0.3) is 0 Å². The van der Waals surface area contributed by atoms with Gasteiger partial charge < -0.3 is 10.6 Å². The largest absolute Gasteiger partial charge is 0.416 e. The second-order valence-electron chi connectivity index (χ2n) is 5.96. The summed E-state index contributed by atoms with van der Waals surface area (Å²) in [7, 11) is 0. The van der Waals surface area contributed by atoms with Gasteiger partial charge in [0.05, 0.1) is 5.56 Å². The number of nitrogens with zero attached hydrogens (tertiary/aromatic N) is 1. The molecule has 2 N–H and O–H groups in total. The number of rotatable bonds is 4. The summed E-state index contributed by atoms with van der Waals surface area (Å²) in [5.74, 6) is 0.306. The molecule has 1 amide bonds. The van der Waals surface area contributed by atoms with Crippen LogP contribution in [0.25, 0.3) is 0 Å². The molecule has 22 heavy (non-hydrogen) atoms. The Morgan fingerprint density at radius 3 is 2.50 bits per heavy atom. The molecule has 0 aromatic heterocycles. The number of alkyl halides is 3. The van der Waals surface area contributed by atoms with Gasteiger partial charge in [0.1, 0.15) is 0 Å². The third-order valence-electron chi connectivity index (χ3n) is 4.26. The second kappa shape index (κ2) is 6.69. The molecule has 1 aromatic carbocycles. The molecule has 2 unspecified atom stereocenters. The minimum absolute atomic E-state index is 0.0448. The van der Waals surface area contributed by atoms with Crippen molar-refractivity contribution >= 4 is 5.91 Å². The van der Waals surface area contributed by atoms with Crippen LogP contribution in [0.5, 0.6) is 0 Å². The molecule has 2 atom stereocenters. The number of carbonyl (C=O) groups is 1. The minimum atomic E-state index is -4.33. The number of benzene rings is 1. The van der Waals surface area contributed by atoms with Crippen molar-refractivity contribution in [2.75, 3.05) is 19.6 Å². The van der Waals surface area contributed by atoms with E-state index in [0.29, 0.717) is 25.4 Å². The number of carbonyl (C=O) groups excluding carboxylic acids is 1. The van der Waals surface area contributed by atoms with Crippen LogP contribution in [0.4, 0.5) is 13.2 Å². The first kappa shape index (κ1) is 16.8. The normalized spacial score (nSPS) is 20.2. The number of nitrogens with two attached hydrogens (primary N) is 1. The SMILES string of the molecule is CC(CC(=O)N1CCC(CN)C1)c1ccc(C(F)(F)F)cc1. The summed E-state index contributed by atoms with van der Waals surface area (Å²) in [4.78, 5) is 14.0. The molecule has 1 aliphatic heterocycles. The third kappa shape index (κ3) is 4.00. The van der Waals surface area contributed by atoms with Gasteiger partial charge in [0, 0.05) is 19.5 Å². The van der Waals surface area contributed by atoms with Crippen molar-refractivity contribution in [2.45, 2.75) is 31.9 Å². The smallest absolute Gasteiger partial charge is 0.342 e. The predicted octanol–water partition coefficient (Wildman–Crippen LogP) is 3.01. The fraction of sp³-hybridized carbons (Fsp3) is 0.562. The molecule has 1 aliphatic rings. The highest BCUT2D eigenvalue weighted by Crippen LogP contribution is 2.31. The van der Waals surface area contributed by atoms with Crippen molar-refractivity contribution in [3.8, 4) is 0 Å². The fourth-order valence-corrected chi connectivity index (χ4v) is 2.76. The van der Waals surface area contributed by atoms with Crippen LogP contribution < -0.4 is 5.73 Å². The maximum atomic E-state index is 12.5. The molecule has 1 fully saturated rings. The Labute approximate surface area is 128 Å². The topological polar surface area (TPSA) is 46.3 Å². The van der Waals surface area contributed by atoms with Gasteiger partial charge >= 0.3 is 6.18 Å². The lowest BCUT2D eigenvalue weighted by Crippen LogP contribution is -2.30. The Bertz CT molecular complexity index is 513. The average molecular weight is 314 g/mol. The van der Waals surface area contributed by atoms with Crippen molar-refractivity contribution in [3.05, 3.63) is 35.4 Å². The summed E-state index contributed by atoms with van der Waals surface area (Å²) in [6, 6.07) is 5.04. The van der Waals surface area contributed by atoms with E-state index in [0.717, 1.165) is 30.7 Å². The van der Waals surface area contributed by atoms with Gasteiger partial charge in [-0.15, -0.1) is 0 Å². The lowest BCUT2D eigenvalue weighted by molar-refractivity contribution is -0.137. The zero-order valence-electron chi connectivity index (χ0n) is 12.6. The molecule has 1 aromatic rings. The van der Waals surface area contributed by atoms with Crippen LogP contribution >= 0.6 is 0 Å². The molecule has 1 saturated heterocycles. The van der Waals surface area contributed by atoms with Crippen molar-refractivity contribution < 1.29 is 18.0 Å². The van der Waals surface area contributed by atoms with Gasteiger partial charge in [-0.3, -0.25) is 4.79 Å². The Balaban J connectivity index is 1.94. The van der Waals surface area contributed by atoms with Crippen LogP contribution in [0.2, 0.25) is 0 Å². The Kier molecular flexibility index (Phi) is 5.11. The molecule has 3 nitrogen and oxygen atoms in total. The van der Waals surface area contributed by atoms with Gasteiger partial charge in [-0.1, -0.05) is 19.1 Å². The molecule has 1 heterocycles. The summed E-state index contributed by atoms with van der Waals surface area (Å²) in [5, 5.41) is 0. The molecule has 6 heteroatoms. The number of amides is 1. The van der Waals surface area contributed by atoms with Gasteiger partial charge in [0.15, 0.2) is 0 Å². The van der Waals surface area contributed by atoms with Crippen molar-refractivity contribution in [3.63, 3.8) is 0 Å². The zero-order chi connectivity index (χ0) is 16.3. The standard InChI is InChI=1S/C16H21F3N2O/c1-11(8-15(22)21-7-6-12(9-20)10-21)13-2-4-14(5-3-13)16(17,18)19/h2-5,11-12H,6-10,20H2,1H3. The summed E-state index contributed by atoms with van der Waals surface area (Å²) in [6.45, 7) is 3.85. The lowest BCUT2D eigenvalue weighted by atomic mass is 9.96. The molecule has 0 saturated carbocycles. The van der Waals surface area contributed by atoms with Crippen molar-refractivity contribution in [1.82, 2.24) is 4.90 Å². The zero-order valence-corrected chi connectivity index (χ0v) is 12.6. The van der Waals surface area contributed by atoms with E-state index in [1.54, 1.807) is 4.90 Å². The quantitative estimate of drug-likeness (QED) is 0.928. The molecule has 0 spiro atoms. The Morgan fingerprint density at radius 2 is 2.00 bits per heavy atom. The summed E-state index contributed by atoms with van der Waals surface area (Å²) >= 11 is 0. The maximum Gasteiger partial charge on any atom is 0.416 e. The van der Waals surface area contributed by atoms with Crippen LogP contribution in [-0.2, 0) is 11.0 Å². The van der Waals surface area contributed by atoms with Gasteiger partial charge in [-0.2, -0.15) is 13.2 Å². The first-order chi connectivity index (χ1) is 10.3. The molecule has 0 bridgehead atoms. The number of halogens is 3. The minimum Gasteiger partial charge on any atom is -0.342 e. The fourth-order valence-electron chi connectivity index (χ4n) is 2.76. The van der Waals surface area contributed by atoms with E-state index in [9.17, 15) is 18.0 Å².